The Hall–Kier alpha value is -2.70. The Morgan fingerprint density at radius 3 is 2.66 bits per heavy atom. The summed E-state index contributed by atoms with van der Waals surface area (Å²) >= 11 is 7.36. The van der Waals surface area contributed by atoms with Crippen molar-refractivity contribution in [1.29, 1.82) is 0 Å². The Kier molecular flexibility index (Phi) is 5.65. The number of hydrogen-bond donors (Lipinski definition) is 1. The zero-order valence-electron chi connectivity index (χ0n) is 15.9. The number of hydrogen-bond acceptors (Lipinski definition) is 4. The molecule has 7 heteroatoms. The van der Waals surface area contributed by atoms with Gasteiger partial charge in [-0.15, -0.1) is 11.3 Å². The molecule has 0 aliphatic carbocycles. The van der Waals surface area contributed by atoms with Gasteiger partial charge in [0.25, 0.3) is 0 Å². The van der Waals surface area contributed by atoms with Crippen LogP contribution in [0.4, 0.5) is 10.8 Å². The molecule has 2 aromatic carbocycles. The standard InChI is InChI=1S/C22H20ClN3O2S/c1-14-2-8-18(9-3-14)26-13-16(11-20(26)27)21(28)25-22-24-12-19(29-22)10-15-4-6-17(23)7-5-15/h2-9,12,16H,10-11,13H2,1H3,(H,24,25,28). The van der Waals surface area contributed by atoms with E-state index in [9.17, 15) is 9.59 Å². The maximum atomic E-state index is 12.7. The lowest BCUT2D eigenvalue weighted by Crippen LogP contribution is -2.28. The van der Waals surface area contributed by atoms with E-state index in [-0.39, 0.29) is 24.2 Å². The van der Waals surface area contributed by atoms with Crippen molar-refractivity contribution in [2.24, 2.45) is 5.92 Å². The number of benzene rings is 2. The summed E-state index contributed by atoms with van der Waals surface area (Å²) in [5.41, 5.74) is 3.09. The predicted molar refractivity (Wildman–Crippen MR) is 117 cm³/mol. The molecule has 2 amide bonds. The molecule has 1 unspecified atom stereocenters. The molecule has 0 bridgehead atoms. The van der Waals surface area contributed by atoms with Crippen LogP contribution in [0, 0.1) is 12.8 Å². The highest BCUT2D eigenvalue weighted by Crippen LogP contribution is 2.27. The van der Waals surface area contributed by atoms with Gasteiger partial charge < -0.3 is 10.2 Å². The number of amides is 2. The predicted octanol–water partition coefficient (Wildman–Crippen LogP) is 4.69. The maximum Gasteiger partial charge on any atom is 0.231 e. The molecule has 0 radical (unpaired) electrons. The van der Waals surface area contributed by atoms with Gasteiger partial charge in [0.15, 0.2) is 5.13 Å². The second kappa shape index (κ2) is 8.35. The Morgan fingerprint density at radius 1 is 1.21 bits per heavy atom. The largest absolute Gasteiger partial charge is 0.312 e. The zero-order valence-corrected chi connectivity index (χ0v) is 17.5. The van der Waals surface area contributed by atoms with Gasteiger partial charge in [-0.1, -0.05) is 41.4 Å². The minimum absolute atomic E-state index is 0.0310. The molecular weight excluding hydrogens is 406 g/mol. The van der Waals surface area contributed by atoms with Crippen LogP contribution >= 0.6 is 22.9 Å². The molecule has 4 rings (SSSR count). The first kappa shape index (κ1) is 19.6. The van der Waals surface area contributed by atoms with E-state index in [1.54, 1.807) is 11.1 Å². The molecule has 1 saturated heterocycles. The zero-order chi connectivity index (χ0) is 20.4. The van der Waals surface area contributed by atoms with Crippen molar-refractivity contribution in [3.8, 4) is 0 Å². The van der Waals surface area contributed by atoms with Crippen LogP contribution in [0.3, 0.4) is 0 Å². The van der Waals surface area contributed by atoms with Crippen molar-refractivity contribution in [1.82, 2.24) is 4.98 Å². The lowest BCUT2D eigenvalue weighted by atomic mass is 10.1. The number of thiazole rings is 1. The van der Waals surface area contributed by atoms with E-state index in [0.717, 1.165) is 28.1 Å². The monoisotopic (exact) mass is 425 g/mol. The van der Waals surface area contributed by atoms with E-state index < -0.39 is 0 Å². The Labute approximate surface area is 178 Å². The van der Waals surface area contributed by atoms with Crippen LogP contribution in [0.2, 0.25) is 5.02 Å². The fourth-order valence-electron chi connectivity index (χ4n) is 3.32. The van der Waals surface area contributed by atoms with Crippen LogP contribution in [-0.4, -0.2) is 23.3 Å². The second-order valence-corrected chi connectivity index (χ2v) is 8.72. The van der Waals surface area contributed by atoms with Gasteiger partial charge in [-0.25, -0.2) is 4.98 Å². The Balaban J connectivity index is 1.37. The molecule has 1 atom stereocenters. The Morgan fingerprint density at radius 2 is 1.93 bits per heavy atom. The molecule has 5 nitrogen and oxygen atoms in total. The summed E-state index contributed by atoms with van der Waals surface area (Å²) in [5, 5.41) is 4.13. The number of carbonyl (C=O) groups is 2. The van der Waals surface area contributed by atoms with Crippen molar-refractivity contribution in [2.45, 2.75) is 19.8 Å². The molecule has 1 aliphatic heterocycles. The van der Waals surface area contributed by atoms with Gasteiger partial charge in [0, 0.05) is 41.2 Å². The van der Waals surface area contributed by atoms with Crippen molar-refractivity contribution in [2.75, 3.05) is 16.8 Å². The van der Waals surface area contributed by atoms with Crippen LogP contribution in [0.25, 0.3) is 0 Å². The molecule has 29 heavy (non-hydrogen) atoms. The van der Waals surface area contributed by atoms with Crippen LogP contribution in [-0.2, 0) is 16.0 Å². The molecule has 2 heterocycles. The normalized spacial score (nSPS) is 16.3. The van der Waals surface area contributed by atoms with Crippen molar-refractivity contribution in [3.63, 3.8) is 0 Å². The average Bonchev–Trinajstić information content (AvgIpc) is 3.31. The van der Waals surface area contributed by atoms with E-state index in [1.165, 1.54) is 11.3 Å². The summed E-state index contributed by atoms with van der Waals surface area (Å²) in [6.07, 6.45) is 2.71. The number of nitrogens with one attached hydrogen (secondary N) is 1. The molecule has 0 saturated carbocycles. The first-order valence-corrected chi connectivity index (χ1v) is 10.5. The van der Waals surface area contributed by atoms with Gasteiger partial charge in [-0.3, -0.25) is 9.59 Å². The SMILES string of the molecule is Cc1ccc(N2CC(C(=O)Nc3ncc(Cc4ccc(Cl)cc4)s3)CC2=O)cc1. The van der Waals surface area contributed by atoms with Crippen LogP contribution in [0.15, 0.2) is 54.7 Å². The van der Waals surface area contributed by atoms with Crippen molar-refractivity contribution >= 4 is 45.6 Å². The van der Waals surface area contributed by atoms with Crippen molar-refractivity contribution < 1.29 is 9.59 Å². The van der Waals surface area contributed by atoms with Crippen LogP contribution in [0.1, 0.15) is 22.4 Å². The van der Waals surface area contributed by atoms with Gasteiger partial charge in [0.1, 0.15) is 0 Å². The van der Waals surface area contributed by atoms with Gasteiger partial charge >= 0.3 is 0 Å². The second-order valence-electron chi connectivity index (χ2n) is 7.17. The number of aryl methyl sites for hydroxylation is 1. The molecule has 0 spiro atoms. The number of nitrogens with zero attached hydrogens (tertiary/aromatic N) is 2. The smallest absolute Gasteiger partial charge is 0.231 e. The molecule has 1 N–H and O–H groups in total. The molecule has 148 valence electrons. The molecular formula is C22H20ClN3O2S. The number of aromatic nitrogens is 1. The first-order chi connectivity index (χ1) is 14.0. The Bertz CT molecular complexity index is 1030. The van der Waals surface area contributed by atoms with E-state index in [0.29, 0.717) is 16.7 Å². The van der Waals surface area contributed by atoms with Gasteiger partial charge in [0.2, 0.25) is 11.8 Å². The summed E-state index contributed by atoms with van der Waals surface area (Å²) < 4.78 is 0. The number of anilines is 2. The lowest BCUT2D eigenvalue weighted by molar-refractivity contribution is -0.122. The minimum atomic E-state index is -0.382. The van der Waals surface area contributed by atoms with Crippen LogP contribution < -0.4 is 10.2 Å². The highest BCUT2D eigenvalue weighted by molar-refractivity contribution is 7.15. The number of carbonyl (C=O) groups excluding carboxylic acids is 2. The number of rotatable bonds is 5. The maximum absolute atomic E-state index is 12.7. The summed E-state index contributed by atoms with van der Waals surface area (Å²) in [7, 11) is 0. The van der Waals surface area contributed by atoms with E-state index in [2.05, 4.69) is 10.3 Å². The average molecular weight is 426 g/mol. The third kappa shape index (κ3) is 4.66. The fourth-order valence-corrected chi connectivity index (χ4v) is 4.29. The highest BCUT2D eigenvalue weighted by Gasteiger charge is 2.35. The summed E-state index contributed by atoms with van der Waals surface area (Å²) in [6, 6.07) is 15.4. The molecule has 1 aromatic heterocycles. The third-order valence-corrected chi connectivity index (χ3v) is 6.08. The first-order valence-electron chi connectivity index (χ1n) is 9.35. The molecule has 1 aliphatic rings. The third-order valence-electron chi connectivity index (χ3n) is 4.92. The van der Waals surface area contributed by atoms with Crippen LogP contribution in [0.5, 0.6) is 0 Å². The summed E-state index contributed by atoms with van der Waals surface area (Å²) in [5.74, 6) is -0.579. The van der Waals surface area contributed by atoms with E-state index in [4.69, 9.17) is 11.6 Å². The highest BCUT2D eigenvalue weighted by atomic mass is 35.5. The van der Waals surface area contributed by atoms with Gasteiger partial charge in [0.05, 0.1) is 5.92 Å². The summed E-state index contributed by atoms with van der Waals surface area (Å²) in [4.78, 5) is 32.1. The van der Waals surface area contributed by atoms with E-state index in [1.807, 2.05) is 55.5 Å². The minimum Gasteiger partial charge on any atom is -0.312 e. The molecule has 1 fully saturated rings. The molecule has 3 aromatic rings. The van der Waals surface area contributed by atoms with Crippen molar-refractivity contribution in [3.05, 3.63) is 75.8 Å². The topological polar surface area (TPSA) is 62.3 Å². The quantitative estimate of drug-likeness (QED) is 0.645. The number of halogens is 1. The summed E-state index contributed by atoms with van der Waals surface area (Å²) in [6.45, 7) is 2.39. The van der Waals surface area contributed by atoms with Gasteiger partial charge in [-0.05, 0) is 36.8 Å². The van der Waals surface area contributed by atoms with E-state index >= 15 is 0 Å². The van der Waals surface area contributed by atoms with Gasteiger partial charge in [-0.2, -0.15) is 0 Å². The lowest BCUT2D eigenvalue weighted by Gasteiger charge is -2.16. The fraction of sp³-hybridized carbons (Fsp3) is 0.227.